The van der Waals surface area contributed by atoms with Gasteiger partial charge in [0.2, 0.25) is 0 Å². The third-order valence-corrected chi connectivity index (χ3v) is 1.89. The molecule has 0 fully saturated rings. The minimum atomic E-state index is -1.04. The van der Waals surface area contributed by atoms with Crippen LogP contribution in [0.2, 0.25) is 0 Å². The first-order valence-electron chi connectivity index (χ1n) is 4.19. The minimum absolute atomic E-state index is 0.281. The highest BCUT2D eigenvalue weighted by Gasteiger charge is 2.21. The third-order valence-electron chi connectivity index (χ3n) is 1.89. The summed E-state index contributed by atoms with van der Waals surface area (Å²) in [6, 6.07) is 0. The van der Waals surface area contributed by atoms with Crippen LogP contribution in [0.25, 0.3) is 0 Å². The molecule has 0 unspecified atom stereocenters. The van der Waals surface area contributed by atoms with Crippen LogP contribution in [-0.4, -0.2) is 27.5 Å². The summed E-state index contributed by atoms with van der Waals surface area (Å²) in [5, 5.41) is 14.8. The van der Waals surface area contributed by atoms with E-state index in [0.29, 0.717) is 5.69 Å². The lowest BCUT2D eigenvalue weighted by atomic mass is 10.1. The summed E-state index contributed by atoms with van der Waals surface area (Å²) in [4.78, 5) is 10.3. The fraction of sp³-hybridized carbons (Fsp3) is 0.500. The van der Waals surface area contributed by atoms with Gasteiger partial charge in [0.25, 0.3) is 0 Å². The van der Waals surface area contributed by atoms with Gasteiger partial charge in [-0.25, -0.2) is 4.79 Å². The van der Waals surface area contributed by atoms with Crippen molar-refractivity contribution in [2.24, 2.45) is 0 Å². The van der Waals surface area contributed by atoms with Gasteiger partial charge in [0, 0.05) is 12.7 Å². The maximum absolute atomic E-state index is 10.3. The lowest BCUT2D eigenvalue weighted by Crippen LogP contribution is -2.40. The van der Waals surface area contributed by atoms with Crippen LogP contribution in [0.15, 0.2) is 12.4 Å². The van der Waals surface area contributed by atoms with Gasteiger partial charge in [0.15, 0.2) is 0 Å². The quantitative estimate of drug-likeness (QED) is 0.658. The number of nitrogens with zero attached hydrogens (tertiary/aromatic N) is 2. The van der Waals surface area contributed by atoms with Crippen LogP contribution >= 0.6 is 0 Å². The SMILES string of the molecule is CC(C)(CNC(=O)O)n1cc(N)cn1. The molecule has 1 heterocycles. The molecule has 0 radical (unpaired) electrons. The number of carboxylic acid groups (broad SMARTS) is 1. The Hall–Kier alpha value is -1.72. The molecule has 0 aliphatic heterocycles. The molecule has 0 spiro atoms. The monoisotopic (exact) mass is 198 g/mol. The summed E-state index contributed by atoms with van der Waals surface area (Å²) in [6.45, 7) is 4.02. The number of nitrogens with one attached hydrogen (secondary N) is 1. The van der Waals surface area contributed by atoms with Crippen LogP contribution in [0, 0.1) is 0 Å². The van der Waals surface area contributed by atoms with E-state index in [0.717, 1.165) is 0 Å². The zero-order valence-electron chi connectivity index (χ0n) is 8.19. The van der Waals surface area contributed by atoms with Gasteiger partial charge in [-0.05, 0) is 13.8 Å². The van der Waals surface area contributed by atoms with E-state index in [2.05, 4.69) is 10.4 Å². The Morgan fingerprint density at radius 2 is 2.43 bits per heavy atom. The maximum atomic E-state index is 10.3. The zero-order valence-corrected chi connectivity index (χ0v) is 8.19. The largest absolute Gasteiger partial charge is 0.465 e. The normalized spacial score (nSPS) is 11.3. The summed E-state index contributed by atoms with van der Waals surface area (Å²) < 4.78 is 1.64. The highest BCUT2D eigenvalue weighted by Crippen LogP contribution is 2.14. The first-order valence-corrected chi connectivity index (χ1v) is 4.19. The van der Waals surface area contributed by atoms with Crippen molar-refractivity contribution in [1.82, 2.24) is 15.1 Å². The third kappa shape index (κ3) is 2.38. The lowest BCUT2D eigenvalue weighted by molar-refractivity contribution is 0.186. The number of nitrogens with two attached hydrogens (primary N) is 1. The number of anilines is 1. The Balaban J connectivity index is 2.69. The summed E-state index contributed by atoms with van der Waals surface area (Å²) in [5.74, 6) is 0. The number of hydrogen-bond acceptors (Lipinski definition) is 3. The molecule has 1 aromatic rings. The molecule has 0 aromatic carbocycles. The van der Waals surface area contributed by atoms with Crippen molar-refractivity contribution in [3.63, 3.8) is 0 Å². The van der Waals surface area contributed by atoms with E-state index in [9.17, 15) is 4.79 Å². The van der Waals surface area contributed by atoms with E-state index in [1.807, 2.05) is 13.8 Å². The Bertz CT molecular complexity index is 332. The van der Waals surface area contributed by atoms with E-state index in [-0.39, 0.29) is 6.54 Å². The fourth-order valence-corrected chi connectivity index (χ4v) is 1.04. The Kier molecular flexibility index (Phi) is 2.64. The van der Waals surface area contributed by atoms with Crippen LogP contribution in [0.3, 0.4) is 0 Å². The predicted octanol–water partition coefficient (Wildman–Crippen LogP) is 0.468. The number of amides is 1. The topological polar surface area (TPSA) is 93.2 Å². The molecule has 78 valence electrons. The Labute approximate surface area is 81.7 Å². The first kappa shape index (κ1) is 10.4. The van der Waals surface area contributed by atoms with Gasteiger partial charge in [-0.2, -0.15) is 5.10 Å². The molecule has 0 bridgehead atoms. The van der Waals surface area contributed by atoms with Gasteiger partial charge in [-0.15, -0.1) is 0 Å². The van der Waals surface area contributed by atoms with Crippen LogP contribution in [-0.2, 0) is 5.54 Å². The summed E-state index contributed by atoms with van der Waals surface area (Å²) >= 11 is 0. The molecule has 0 aliphatic carbocycles. The molecule has 1 amide bonds. The van der Waals surface area contributed by atoms with Crippen molar-refractivity contribution in [2.75, 3.05) is 12.3 Å². The molecule has 6 nitrogen and oxygen atoms in total. The van der Waals surface area contributed by atoms with Crippen molar-refractivity contribution in [3.05, 3.63) is 12.4 Å². The molecule has 14 heavy (non-hydrogen) atoms. The second kappa shape index (κ2) is 3.57. The molecule has 1 rings (SSSR count). The molecular formula is C8H14N4O2. The van der Waals surface area contributed by atoms with Crippen LogP contribution in [0.1, 0.15) is 13.8 Å². The number of rotatable bonds is 3. The van der Waals surface area contributed by atoms with Crippen molar-refractivity contribution < 1.29 is 9.90 Å². The highest BCUT2D eigenvalue weighted by atomic mass is 16.4. The Morgan fingerprint density at radius 1 is 1.79 bits per heavy atom. The smallest absolute Gasteiger partial charge is 0.404 e. The molecular weight excluding hydrogens is 184 g/mol. The van der Waals surface area contributed by atoms with Crippen LogP contribution in [0.5, 0.6) is 0 Å². The van der Waals surface area contributed by atoms with Gasteiger partial charge in [0.1, 0.15) is 0 Å². The highest BCUT2D eigenvalue weighted by molar-refractivity contribution is 5.64. The summed E-state index contributed by atoms with van der Waals surface area (Å²) in [7, 11) is 0. The van der Waals surface area contributed by atoms with Gasteiger partial charge in [-0.1, -0.05) is 0 Å². The Morgan fingerprint density at radius 3 is 2.86 bits per heavy atom. The standard InChI is InChI=1S/C8H14N4O2/c1-8(2,5-10-7(13)14)12-4-6(9)3-11-12/h3-4,10H,5,9H2,1-2H3,(H,13,14). The number of hydrogen-bond donors (Lipinski definition) is 3. The number of carbonyl (C=O) groups is 1. The van der Waals surface area contributed by atoms with Crippen LogP contribution < -0.4 is 11.1 Å². The molecule has 0 aliphatic rings. The van der Waals surface area contributed by atoms with E-state index in [1.165, 1.54) is 6.20 Å². The van der Waals surface area contributed by atoms with E-state index in [4.69, 9.17) is 10.8 Å². The minimum Gasteiger partial charge on any atom is -0.465 e. The second-order valence-electron chi connectivity index (χ2n) is 3.69. The van der Waals surface area contributed by atoms with E-state index in [1.54, 1.807) is 10.9 Å². The first-order chi connectivity index (χ1) is 6.42. The number of aromatic nitrogens is 2. The van der Waals surface area contributed by atoms with Gasteiger partial charge in [-0.3, -0.25) is 4.68 Å². The van der Waals surface area contributed by atoms with E-state index >= 15 is 0 Å². The molecule has 0 saturated heterocycles. The molecule has 1 aromatic heterocycles. The van der Waals surface area contributed by atoms with Crippen molar-refractivity contribution >= 4 is 11.8 Å². The van der Waals surface area contributed by atoms with Gasteiger partial charge in [0.05, 0.1) is 17.4 Å². The summed E-state index contributed by atoms with van der Waals surface area (Å²) in [6.07, 6.45) is 2.16. The molecule has 6 heteroatoms. The fourth-order valence-electron chi connectivity index (χ4n) is 1.04. The van der Waals surface area contributed by atoms with Crippen molar-refractivity contribution in [3.8, 4) is 0 Å². The second-order valence-corrected chi connectivity index (χ2v) is 3.69. The van der Waals surface area contributed by atoms with Crippen LogP contribution in [0.4, 0.5) is 10.5 Å². The predicted molar refractivity (Wildman–Crippen MR) is 52.0 cm³/mol. The average Bonchev–Trinajstić information content (AvgIpc) is 2.49. The van der Waals surface area contributed by atoms with E-state index < -0.39 is 11.6 Å². The van der Waals surface area contributed by atoms with Crippen molar-refractivity contribution in [2.45, 2.75) is 19.4 Å². The lowest BCUT2D eigenvalue weighted by Gasteiger charge is -2.24. The molecule has 0 atom stereocenters. The number of nitrogen functional groups attached to an aromatic ring is 1. The van der Waals surface area contributed by atoms with Gasteiger partial charge >= 0.3 is 6.09 Å². The molecule has 4 N–H and O–H groups in total. The maximum Gasteiger partial charge on any atom is 0.404 e. The van der Waals surface area contributed by atoms with Gasteiger partial charge < -0.3 is 16.2 Å². The average molecular weight is 198 g/mol. The van der Waals surface area contributed by atoms with Crippen molar-refractivity contribution in [1.29, 1.82) is 0 Å². The zero-order chi connectivity index (χ0) is 10.8. The molecule has 0 saturated carbocycles. The summed E-state index contributed by atoms with van der Waals surface area (Å²) in [5.41, 5.74) is 5.65.